The number of aromatic amines is 1. The second kappa shape index (κ2) is 7.07. The van der Waals surface area contributed by atoms with Crippen molar-refractivity contribution >= 4 is 22.8 Å². The Kier molecular flexibility index (Phi) is 4.63. The van der Waals surface area contributed by atoms with Gasteiger partial charge in [-0.25, -0.2) is 9.97 Å². The number of ether oxygens (including phenoxy) is 1. The Morgan fingerprint density at radius 2 is 2.19 bits per heavy atom. The fourth-order valence-electron chi connectivity index (χ4n) is 4.16. The second-order valence-electron chi connectivity index (χ2n) is 7.09. The molecule has 4 heterocycles. The molecule has 0 bridgehead atoms. The van der Waals surface area contributed by atoms with E-state index in [9.17, 15) is 4.79 Å². The van der Waals surface area contributed by atoms with Crippen LogP contribution in [0.1, 0.15) is 37.7 Å². The topological polar surface area (TPSA) is 83.1 Å². The molecule has 4 rings (SSSR count). The molecule has 7 nitrogen and oxygen atoms in total. The largest absolute Gasteiger partial charge is 0.381 e. The Morgan fingerprint density at radius 3 is 2.96 bits per heavy atom. The number of nitrogens with zero attached hydrogens (tertiary/aromatic N) is 3. The molecule has 7 heteroatoms. The Labute approximate surface area is 152 Å². The van der Waals surface area contributed by atoms with E-state index in [1.807, 2.05) is 4.90 Å². The van der Waals surface area contributed by atoms with Crippen LogP contribution in [0.3, 0.4) is 0 Å². The van der Waals surface area contributed by atoms with Crippen LogP contribution in [0.15, 0.2) is 25.2 Å². The highest BCUT2D eigenvalue weighted by atomic mass is 16.5. The van der Waals surface area contributed by atoms with Gasteiger partial charge in [-0.05, 0) is 43.7 Å². The first kappa shape index (κ1) is 17.0. The standard InChI is InChI=1S/C19H25N5O2/c1-3-16(25)24-7-4-15(12(24)2)23-19-17-14(13-5-8-26-9-6-13)10-20-18(17)21-11-22-19/h3,10-13,15H,1,4-9H2,2H3,(H2,20,21,22,23)/t12-,15+/m0/s1. The summed E-state index contributed by atoms with van der Waals surface area (Å²) in [6.07, 6.45) is 7.96. The molecule has 0 aliphatic carbocycles. The summed E-state index contributed by atoms with van der Waals surface area (Å²) in [5.41, 5.74) is 2.12. The van der Waals surface area contributed by atoms with Gasteiger partial charge in [-0.1, -0.05) is 6.58 Å². The van der Waals surface area contributed by atoms with Gasteiger partial charge in [0.2, 0.25) is 5.91 Å². The first-order valence-electron chi connectivity index (χ1n) is 9.28. The summed E-state index contributed by atoms with van der Waals surface area (Å²) in [4.78, 5) is 26.1. The van der Waals surface area contributed by atoms with Crippen molar-refractivity contribution < 1.29 is 9.53 Å². The maximum atomic E-state index is 12.0. The van der Waals surface area contributed by atoms with Crippen molar-refractivity contribution in [2.24, 2.45) is 0 Å². The highest BCUT2D eigenvalue weighted by Gasteiger charge is 2.33. The molecule has 0 spiro atoms. The zero-order chi connectivity index (χ0) is 18.1. The summed E-state index contributed by atoms with van der Waals surface area (Å²) in [5.74, 6) is 1.30. The van der Waals surface area contributed by atoms with E-state index in [1.165, 1.54) is 11.6 Å². The molecule has 0 saturated carbocycles. The van der Waals surface area contributed by atoms with E-state index in [-0.39, 0.29) is 18.0 Å². The average molecular weight is 355 g/mol. The Morgan fingerprint density at radius 1 is 1.38 bits per heavy atom. The summed E-state index contributed by atoms with van der Waals surface area (Å²) >= 11 is 0. The number of aromatic nitrogens is 3. The molecule has 2 N–H and O–H groups in total. The van der Waals surface area contributed by atoms with Crippen LogP contribution in [0, 0.1) is 0 Å². The van der Waals surface area contributed by atoms with Gasteiger partial charge in [0.25, 0.3) is 0 Å². The quantitative estimate of drug-likeness (QED) is 0.823. The smallest absolute Gasteiger partial charge is 0.246 e. The number of rotatable bonds is 4. The fraction of sp³-hybridized carbons (Fsp3) is 0.526. The highest BCUT2D eigenvalue weighted by Crippen LogP contribution is 2.35. The van der Waals surface area contributed by atoms with Crippen molar-refractivity contribution in [3.8, 4) is 0 Å². The number of likely N-dealkylation sites (tertiary alicyclic amines) is 1. The predicted octanol–water partition coefficient (Wildman–Crippen LogP) is 2.44. The van der Waals surface area contributed by atoms with Crippen molar-refractivity contribution in [3.63, 3.8) is 0 Å². The van der Waals surface area contributed by atoms with Gasteiger partial charge >= 0.3 is 0 Å². The van der Waals surface area contributed by atoms with Gasteiger partial charge < -0.3 is 19.9 Å². The highest BCUT2D eigenvalue weighted by molar-refractivity contribution is 5.91. The van der Waals surface area contributed by atoms with Crippen molar-refractivity contribution in [3.05, 3.63) is 30.7 Å². The first-order valence-corrected chi connectivity index (χ1v) is 9.28. The summed E-state index contributed by atoms with van der Waals surface area (Å²) in [6.45, 7) is 8.00. The van der Waals surface area contributed by atoms with Crippen molar-refractivity contribution in [1.82, 2.24) is 19.9 Å². The Balaban J connectivity index is 1.61. The van der Waals surface area contributed by atoms with E-state index in [0.717, 1.165) is 55.9 Å². The minimum absolute atomic E-state index is 0.0147. The van der Waals surface area contributed by atoms with Crippen LogP contribution in [0.25, 0.3) is 11.0 Å². The van der Waals surface area contributed by atoms with Crippen LogP contribution in [-0.2, 0) is 9.53 Å². The number of H-pyrrole nitrogens is 1. The van der Waals surface area contributed by atoms with Crippen LogP contribution < -0.4 is 5.32 Å². The summed E-state index contributed by atoms with van der Waals surface area (Å²) in [6, 6.07) is 0.255. The monoisotopic (exact) mass is 355 g/mol. The molecule has 2 saturated heterocycles. The maximum Gasteiger partial charge on any atom is 0.246 e. The van der Waals surface area contributed by atoms with E-state index in [1.54, 1.807) is 6.33 Å². The molecular weight excluding hydrogens is 330 g/mol. The fourth-order valence-corrected chi connectivity index (χ4v) is 4.16. The molecule has 138 valence electrons. The van der Waals surface area contributed by atoms with Gasteiger partial charge in [-0.2, -0.15) is 0 Å². The summed E-state index contributed by atoms with van der Waals surface area (Å²) in [5, 5.41) is 4.65. The summed E-state index contributed by atoms with van der Waals surface area (Å²) < 4.78 is 5.50. The van der Waals surface area contributed by atoms with Crippen molar-refractivity contribution in [2.45, 2.75) is 44.2 Å². The van der Waals surface area contributed by atoms with E-state index in [0.29, 0.717) is 5.92 Å². The van der Waals surface area contributed by atoms with Gasteiger partial charge in [0, 0.05) is 38.0 Å². The number of carbonyl (C=O) groups is 1. The number of hydrogen-bond donors (Lipinski definition) is 2. The number of carbonyl (C=O) groups excluding carboxylic acids is 1. The molecule has 0 aromatic carbocycles. The zero-order valence-corrected chi connectivity index (χ0v) is 15.1. The third kappa shape index (κ3) is 2.96. The SMILES string of the molecule is C=CC(=O)N1CC[C@@H](Nc2ncnc3[nH]cc(C4CCOCC4)c23)[C@@H]1C. The van der Waals surface area contributed by atoms with E-state index in [4.69, 9.17) is 4.74 Å². The lowest BCUT2D eigenvalue weighted by Crippen LogP contribution is -2.39. The molecule has 2 atom stereocenters. The second-order valence-corrected chi connectivity index (χ2v) is 7.09. The van der Waals surface area contributed by atoms with Crippen molar-refractivity contribution in [1.29, 1.82) is 0 Å². The molecule has 0 radical (unpaired) electrons. The number of anilines is 1. The lowest BCUT2D eigenvalue weighted by Gasteiger charge is -2.25. The molecule has 1 amide bonds. The molecule has 2 aromatic heterocycles. The van der Waals surface area contributed by atoms with Gasteiger partial charge in [-0.15, -0.1) is 0 Å². The van der Waals surface area contributed by atoms with Crippen LogP contribution in [0.5, 0.6) is 0 Å². The van der Waals surface area contributed by atoms with Gasteiger partial charge in [0.05, 0.1) is 5.39 Å². The molecule has 26 heavy (non-hydrogen) atoms. The minimum atomic E-state index is -0.0147. The Hall–Kier alpha value is -2.41. The minimum Gasteiger partial charge on any atom is -0.381 e. The Bertz CT molecular complexity index is 811. The van der Waals surface area contributed by atoms with Crippen LogP contribution in [-0.4, -0.2) is 57.6 Å². The van der Waals surface area contributed by atoms with E-state index in [2.05, 4.69) is 40.0 Å². The van der Waals surface area contributed by atoms with Gasteiger partial charge in [0.15, 0.2) is 0 Å². The van der Waals surface area contributed by atoms with Crippen LogP contribution >= 0.6 is 0 Å². The van der Waals surface area contributed by atoms with Crippen LogP contribution in [0.2, 0.25) is 0 Å². The third-order valence-corrected chi connectivity index (χ3v) is 5.70. The number of nitrogens with one attached hydrogen (secondary N) is 2. The van der Waals surface area contributed by atoms with Gasteiger partial charge in [-0.3, -0.25) is 4.79 Å². The molecule has 0 unspecified atom stereocenters. The normalized spacial score (nSPS) is 24.1. The molecule has 2 fully saturated rings. The average Bonchev–Trinajstić information content (AvgIpc) is 3.27. The zero-order valence-electron chi connectivity index (χ0n) is 15.1. The number of fused-ring (bicyclic) bond motifs is 1. The van der Waals surface area contributed by atoms with Crippen LogP contribution in [0.4, 0.5) is 5.82 Å². The number of hydrogen-bond acceptors (Lipinski definition) is 5. The molecular formula is C19H25N5O2. The molecule has 2 aromatic rings. The lowest BCUT2D eigenvalue weighted by atomic mass is 9.92. The first-order chi connectivity index (χ1) is 12.7. The van der Waals surface area contributed by atoms with E-state index < -0.39 is 0 Å². The van der Waals surface area contributed by atoms with Crippen molar-refractivity contribution in [2.75, 3.05) is 25.1 Å². The lowest BCUT2D eigenvalue weighted by molar-refractivity contribution is -0.126. The molecule has 2 aliphatic heterocycles. The molecule has 2 aliphatic rings. The third-order valence-electron chi connectivity index (χ3n) is 5.70. The number of amides is 1. The summed E-state index contributed by atoms with van der Waals surface area (Å²) in [7, 11) is 0. The van der Waals surface area contributed by atoms with E-state index >= 15 is 0 Å². The maximum absolute atomic E-state index is 12.0. The predicted molar refractivity (Wildman–Crippen MR) is 100 cm³/mol. The van der Waals surface area contributed by atoms with Gasteiger partial charge in [0.1, 0.15) is 17.8 Å².